The lowest BCUT2D eigenvalue weighted by Crippen LogP contribution is -2.09. The largest absolute Gasteiger partial charge is 0.480 e. The van der Waals surface area contributed by atoms with Crippen molar-refractivity contribution in [1.29, 1.82) is 0 Å². The highest BCUT2D eigenvalue weighted by molar-refractivity contribution is 5.67. The van der Waals surface area contributed by atoms with Crippen LogP contribution in [0.5, 0.6) is 0 Å². The molecule has 0 saturated heterocycles. The number of carboxylic acid groups (broad SMARTS) is 1. The van der Waals surface area contributed by atoms with Crippen molar-refractivity contribution in [3.05, 3.63) is 12.2 Å². The summed E-state index contributed by atoms with van der Waals surface area (Å²) in [7, 11) is 0. The third-order valence-electron chi connectivity index (χ3n) is 5.16. The summed E-state index contributed by atoms with van der Waals surface area (Å²) in [5.41, 5.74) is 0. The van der Waals surface area contributed by atoms with Crippen molar-refractivity contribution in [2.24, 2.45) is 11.8 Å². The van der Waals surface area contributed by atoms with E-state index in [4.69, 9.17) is 9.84 Å². The molecule has 0 bridgehead atoms. The fourth-order valence-corrected chi connectivity index (χ4v) is 3.76. The maximum atomic E-state index is 10.4. The zero-order valence-corrected chi connectivity index (χ0v) is 15.7. The van der Waals surface area contributed by atoms with Gasteiger partial charge in [-0.1, -0.05) is 64.0 Å². The topological polar surface area (TPSA) is 46.5 Å². The maximum absolute atomic E-state index is 10.4. The van der Waals surface area contributed by atoms with E-state index in [1.54, 1.807) is 0 Å². The predicted molar refractivity (Wildman–Crippen MR) is 100 cm³/mol. The summed E-state index contributed by atoms with van der Waals surface area (Å²) >= 11 is 0. The van der Waals surface area contributed by atoms with Crippen molar-refractivity contribution in [2.45, 2.75) is 90.4 Å². The van der Waals surface area contributed by atoms with Gasteiger partial charge < -0.3 is 9.84 Å². The van der Waals surface area contributed by atoms with Gasteiger partial charge in [-0.05, 0) is 50.4 Å². The quantitative estimate of drug-likeness (QED) is 0.295. The second-order valence-corrected chi connectivity index (χ2v) is 7.28. The highest BCUT2D eigenvalue weighted by atomic mass is 16.5. The Morgan fingerprint density at radius 3 is 2.67 bits per heavy atom. The molecule has 1 N–H and O–H groups in total. The van der Waals surface area contributed by atoms with Crippen molar-refractivity contribution in [3.63, 3.8) is 0 Å². The van der Waals surface area contributed by atoms with E-state index >= 15 is 0 Å². The van der Waals surface area contributed by atoms with E-state index < -0.39 is 5.97 Å². The fourth-order valence-electron chi connectivity index (χ4n) is 3.76. The zero-order chi connectivity index (χ0) is 17.5. The molecule has 24 heavy (non-hydrogen) atoms. The Morgan fingerprint density at radius 1 is 1.08 bits per heavy atom. The molecule has 3 heteroatoms. The molecule has 1 fully saturated rings. The van der Waals surface area contributed by atoms with Gasteiger partial charge in [0, 0.05) is 6.61 Å². The van der Waals surface area contributed by atoms with Crippen LogP contribution in [0.15, 0.2) is 12.2 Å². The van der Waals surface area contributed by atoms with Crippen molar-refractivity contribution >= 4 is 5.97 Å². The molecule has 1 rings (SSSR count). The summed E-state index contributed by atoms with van der Waals surface area (Å²) in [4.78, 5) is 10.4. The number of ether oxygens (including phenoxy) is 1. The Morgan fingerprint density at radius 2 is 1.88 bits per heavy atom. The molecule has 140 valence electrons. The van der Waals surface area contributed by atoms with E-state index in [9.17, 15) is 4.79 Å². The summed E-state index contributed by atoms with van der Waals surface area (Å²) < 4.78 is 5.10. The third kappa shape index (κ3) is 10.9. The minimum atomic E-state index is -0.874. The molecule has 0 amide bonds. The Balaban J connectivity index is 2.03. The van der Waals surface area contributed by atoms with E-state index in [1.165, 1.54) is 70.6 Å². The SMILES string of the molecule is CCCCCCCCC=C[C@H]1CCC[C@@H]1CCCCOCC(=O)O. The van der Waals surface area contributed by atoms with Gasteiger partial charge in [0.2, 0.25) is 0 Å². The highest BCUT2D eigenvalue weighted by Crippen LogP contribution is 2.36. The zero-order valence-electron chi connectivity index (χ0n) is 15.7. The molecule has 0 spiro atoms. The molecule has 1 saturated carbocycles. The van der Waals surface area contributed by atoms with Gasteiger partial charge in [0.25, 0.3) is 0 Å². The van der Waals surface area contributed by atoms with Crippen LogP contribution in [0.1, 0.15) is 90.4 Å². The monoisotopic (exact) mass is 338 g/mol. The Kier molecular flexibility index (Phi) is 12.8. The number of hydrogen-bond donors (Lipinski definition) is 1. The van der Waals surface area contributed by atoms with Gasteiger partial charge in [-0.3, -0.25) is 0 Å². The molecule has 0 aromatic carbocycles. The van der Waals surface area contributed by atoms with Crippen LogP contribution in [0.4, 0.5) is 0 Å². The standard InChI is InChI=1S/C21H38O3/c1-2-3-4-5-6-7-8-9-13-19-15-12-16-20(19)14-10-11-17-24-18-21(22)23/h9,13,19-20H,2-8,10-12,14-18H2,1H3,(H,22,23)/t19-,20-/m0/s1. The first kappa shape index (κ1) is 21.2. The number of allylic oxidation sites excluding steroid dienone is 2. The molecular weight excluding hydrogens is 300 g/mol. The molecule has 1 aliphatic carbocycles. The van der Waals surface area contributed by atoms with Crippen LogP contribution in [0, 0.1) is 11.8 Å². The minimum absolute atomic E-state index is 0.159. The molecule has 1 aliphatic rings. The first-order chi connectivity index (χ1) is 11.7. The normalized spacial score (nSPS) is 20.9. The first-order valence-corrected chi connectivity index (χ1v) is 10.2. The van der Waals surface area contributed by atoms with Crippen LogP contribution in [-0.2, 0) is 9.53 Å². The number of carboxylic acids is 1. The number of carbonyl (C=O) groups is 1. The van der Waals surface area contributed by atoms with Gasteiger partial charge in [-0.25, -0.2) is 4.79 Å². The van der Waals surface area contributed by atoms with Crippen molar-refractivity contribution in [2.75, 3.05) is 13.2 Å². The Labute approximate surface area is 148 Å². The van der Waals surface area contributed by atoms with Crippen LogP contribution in [0.25, 0.3) is 0 Å². The van der Waals surface area contributed by atoms with Crippen molar-refractivity contribution < 1.29 is 14.6 Å². The van der Waals surface area contributed by atoms with Gasteiger partial charge in [0.1, 0.15) is 6.61 Å². The lowest BCUT2D eigenvalue weighted by Gasteiger charge is -2.16. The Bertz CT molecular complexity index is 338. The average Bonchev–Trinajstić information content (AvgIpc) is 3.00. The van der Waals surface area contributed by atoms with E-state index in [0.29, 0.717) is 6.61 Å². The minimum Gasteiger partial charge on any atom is -0.480 e. The van der Waals surface area contributed by atoms with Gasteiger partial charge in [-0.15, -0.1) is 0 Å². The predicted octanol–water partition coefficient (Wildman–Crippen LogP) is 5.98. The molecule has 0 unspecified atom stereocenters. The van der Waals surface area contributed by atoms with E-state index in [0.717, 1.165) is 24.7 Å². The summed E-state index contributed by atoms with van der Waals surface area (Å²) in [5.74, 6) is 0.747. The maximum Gasteiger partial charge on any atom is 0.329 e. The highest BCUT2D eigenvalue weighted by Gasteiger charge is 2.24. The van der Waals surface area contributed by atoms with Crippen LogP contribution < -0.4 is 0 Å². The molecule has 0 heterocycles. The summed E-state index contributed by atoms with van der Waals surface area (Å²) in [6.45, 7) is 2.69. The van der Waals surface area contributed by atoms with E-state index in [-0.39, 0.29) is 6.61 Å². The average molecular weight is 339 g/mol. The van der Waals surface area contributed by atoms with Gasteiger partial charge in [0.05, 0.1) is 0 Å². The molecule has 0 aliphatic heterocycles. The number of aliphatic carboxylic acids is 1. The van der Waals surface area contributed by atoms with Crippen LogP contribution in [-0.4, -0.2) is 24.3 Å². The van der Waals surface area contributed by atoms with Crippen molar-refractivity contribution in [1.82, 2.24) is 0 Å². The smallest absolute Gasteiger partial charge is 0.329 e. The van der Waals surface area contributed by atoms with Crippen LogP contribution in [0.3, 0.4) is 0 Å². The number of hydrogen-bond acceptors (Lipinski definition) is 2. The van der Waals surface area contributed by atoms with Gasteiger partial charge >= 0.3 is 5.97 Å². The van der Waals surface area contributed by atoms with Gasteiger partial charge in [0.15, 0.2) is 0 Å². The second kappa shape index (κ2) is 14.5. The summed E-state index contributed by atoms with van der Waals surface area (Å²) in [5, 5.41) is 8.52. The lowest BCUT2D eigenvalue weighted by molar-refractivity contribution is -0.142. The second-order valence-electron chi connectivity index (χ2n) is 7.28. The molecule has 0 aromatic rings. The van der Waals surface area contributed by atoms with E-state index in [1.807, 2.05) is 0 Å². The van der Waals surface area contributed by atoms with Crippen LogP contribution >= 0.6 is 0 Å². The molecule has 2 atom stereocenters. The van der Waals surface area contributed by atoms with Gasteiger partial charge in [-0.2, -0.15) is 0 Å². The lowest BCUT2D eigenvalue weighted by atomic mass is 9.90. The molecular formula is C21H38O3. The number of unbranched alkanes of at least 4 members (excludes halogenated alkanes) is 7. The molecule has 3 nitrogen and oxygen atoms in total. The fraction of sp³-hybridized carbons (Fsp3) is 0.857. The van der Waals surface area contributed by atoms with Crippen LogP contribution in [0.2, 0.25) is 0 Å². The Hall–Kier alpha value is -0.830. The summed E-state index contributed by atoms with van der Waals surface area (Å²) in [6.07, 6.45) is 21.9. The molecule has 0 radical (unpaired) electrons. The number of rotatable bonds is 15. The molecule has 0 aromatic heterocycles. The third-order valence-corrected chi connectivity index (χ3v) is 5.16. The summed E-state index contributed by atoms with van der Waals surface area (Å²) in [6, 6.07) is 0. The first-order valence-electron chi connectivity index (χ1n) is 10.2. The van der Waals surface area contributed by atoms with E-state index in [2.05, 4.69) is 19.1 Å². The van der Waals surface area contributed by atoms with Crippen molar-refractivity contribution in [3.8, 4) is 0 Å².